The van der Waals surface area contributed by atoms with E-state index in [1.54, 1.807) is 13.8 Å². The van der Waals surface area contributed by atoms with E-state index < -0.39 is 12.2 Å². The summed E-state index contributed by atoms with van der Waals surface area (Å²) in [4.78, 5) is 27.4. The Kier molecular flexibility index (Phi) is 8.38. The van der Waals surface area contributed by atoms with E-state index in [2.05, 4.69) is 9.99 Å². The first kappa shape index (κ1) is 16.9. The van der Waals surface area contributed by atoms with Crippen LogP contribution in [-0.2, 0) is 9.57 Å². The van der Waals surface area contributed by atoms with Crippen molar-refractivity contribution in [2.24, 2.45) is 5.16 Å². The second-order valence-corrected chi connectivity index (χ2v) is 5.20. The third-order valence-electron chi connectivity index (χ3n) is 1.57. The van der Waals surface area contributed by atoms with E-state index in [9.17, 15) is 9.59 Å². The normalized spacial score (nSPS) is 10.8. The number of hydrogen-bond donors (Lipinski definition) is 0. The average molecular weight is 295 g/mol. The molecule has 0 fully saturated rings. The highest BCUT2D eigenvalue weighted by atomic mass is 32.2. The molecule has 0 unspecified atom stereocenters. The van der Waals surface area contributed by atoms with Gasteiger partial charge < -0.3 is 4.74 Å². The maximum absolute atomic E-state index is 11.5. The Labute approximate surface area is 115 Å². The Hall–Kier alpha value is -1.09. The van der Waals surface area contributed by atoms with Gasteiger partial charge in [0.25, 0.3) is 0 Å². The quantitative estimate of drug-likeness (QED) is 0.261. The molecule has 9 heteroatoms. The fourth-order valence-corrected chi connectivity index (χ4v) is 1.36. The van der Waals surface area contributed by atoms with E-state index in [0.717, 1.165) is 16.4 Å². The summed E-state index contributed by atoms with van der Waals surface area (Å²) in [6, 6.07) is 0. The van der Waals surface area contributed by atoms with Crippen molar-refractivity contribution >= 4 is 41.1 Å². The highest BCUT2D eigenvalue weighted by Gasteiger charge is 2.18. The number of ether oxygens (including phenoxy) is 1. The molecule has 0 saturated heterocycles. The van der Waals surface area contributed by atoms with Crippen molar-refractivity contribution < 1.29 is 19.2 Å². The van der Waals surface area contributed by atoms with Crippen LogP contribution in [0.15, 0.2) is 5.16 Å². The molecule has 0 atom stereocenters. The monoisotopic (exact) mass is 295 g/mol. The van der Waals surface area contributed by atoms with Gasteiger partial charge in [-0.15, -0.1) is 11.8 Å². The number of thioether (sulfide) groups is 1. The number of oxime groups is 1. The second kappa shape index (κ2) is 8.92. The molecule has 0 bridgehead atoms. The standard InChI is InChI=1S/C9H17N3O4S2/c1-6-15-8(13)11(3)18-12(4)9(14)16-10-7(2)17-5/h6H2,1-5H3/b10-7+. The molecule has 0 rings (SSSR count). The largest absolute Gasteiger partial charge is 0.449 e. The van der Waals surface area contributed by atoms with Crippen molar-refractivity contribution in [3.63, 3.8) is 0 Å². The molecule has 2 amide bonds. The second-order valence-electron chi connectivity index (χ2n) is 2.95. The summed E-state index contributed by atoms with van der Waals surface area (Å²) in [7, 11) is 2.95. The molecule has 0 aliphatic heterocycles. The Morgan fingerprint density at radius 3 is 2.28 bits per heavy atom. The lowest BCUT2D eigenvalue weighted by molar-refractivity contribution is 0.132. The Morgan fingerprint density at radius 1 is 1.22 bits per heavy atom. The van der Waals surface area contributed by atoms with Gasteiger partial charge in [-0.05, 0) is 20.1 Å². The van der Waals surface area contributed by atoms with Gasteiger partial charge in [-0.2, -0.15) is 0 Å². The van der Waals surface area contributed by atoms with Crippen molar-refractivity contribution in [1.82, 2.24) is 8.61 Å². The lowest BCUT2D eigenvalue weighted by Crippen LogP contribution is -2.29. The van der Waals surface area contributed by atoms with E-state index in [1.807, 2.05) is 6.26 Å². The highest BCUT2D eigenvalue weighted by Crippen LogP contribution is 2.14. The lowest BCUT2D eigenvalue weighted by Gasteiger charge is -2.20. The summed E-state index contributed by atoms with van der Waals surface area (Å²) in [5, 5.41) is 4.22. The Morgan fingerprint density at radius 2 is 1.78 bits per heavy atom. The van der Waals surface area contributed by atoms with Crippen molar-refractivity contribution in [2.75, 3.05) is 27.0 Å². The molecular formula is C9H17N3O4S2. The Balaban J connectivity index is 4.19. The van der Waals surface area contributed by atoms with Crippen LogP contribution in [0, 0.1) is 0 Å². The number of nitrogens with zero attached hydrogens (tertiary/aromatic N) is 3. The highest BCUT2D eigenvalue weighted by molar-refractivity contribution is 8.13. The van der Waals surface area contributed by atoms with Crippen LogP contribution in [0.2, 0.25) is 0 Å². The number of amides is 2. The van der Waals surface area contributed by atoms with Crippen LogP contribution >= 0.6 is 23.9 Å². The van der Waals surface area contributed by atoms with Crippen molar-refractivity contribution in [2.45, 2.75) is 13.8 Å². The van der Waals surface area contributed by atoms with Crippen LogP contribution < -0.4 is 0 Å². The number of rotatable bonds is 4. The van der Waals surface area contributed by atoms with Crippen molar-refractivity contribution in [3.05, 3.63) is 0 Å². The lowest BCUT2D eigenvalue weighted by atomic mass is 10.9. The molecule has 0 aromatic heterocycles. The molecule has 0 radical (unpaired) electrons. The fourth-order valence-electron chi connectivity index (χ4n) is 0.663. The van der Waals surface area contributed by atoms with Crippen LogP contribution in [0.1, 0.15) is 13.8 Å². The molecule has 0 spiro atoms. The summed E-state index contributed by atoms with van der Waals surface area (Å²) in [6.45, 7) is 3.69. The van der Waals surface area contributed by atoms with Gasteiger partial charge in [-0.1, -0.05) is 5.16 Å². The first-order valence-corrected chi connectivity index (χ1v) is 6.99. The SMILES string of the molecule is CCOC(=O)N(C)SN(C)C(=O)O/N=C(\C)SC. The van der Waals surface area contributed by atoms with Crippen molar-refractivity contribution in [3.8, 4) is 0 Å². The van der Waals surface area contributed by atoms with E-state index in [0.29, 0.717) is 5.04 Å². The summed E-state index contributed by atoms with van der Waals surface area (Å²) < 4.78 is 7.07. The molecular weight excluding hydrogens is 278 g/mol. The van der Waals surface area contributed by atoms with Gasteiger partial charge in [-0.3, -0.25) is 4.84 Å². The predicted molar refractivity (Wildman–Crippen MR) is 73.2 cm³/mol. The van der Waals surface area contributed by atoms with Gasteiger partial charge in [0.05, 0.1) is 18.7 Å². The third kappa shape index (κ3) is 6.60. The van der Waals surface area contributed by atoms with Crippen LogP contribution in [0.5, 0.6) is 0 Å². The summed E-state index contributed by atoms with van der Waals surface area (Å²) in [6.07, 6.45) is 0.607. The molecule has 0 aliphatic rings. The molecule has 18 heavy (non-hydrogen) atoms. The number of carbonyl (C=O) groups is 2. The Bertz CT molecular complexity index is 325. The molecule has 0 aliphatic carbocycles. The zero-order chi connectivity index (χ0) is 14.1. The minimum absolute atomic E-state index is 0.273. The first-order chi connectivity index (χ1) is 8.42. The topological polar surface area (TPSA) is 71.4 Å². The summed E-state index contributed by atoms with van der Waals surface area (Å²) in [5.74, 6) is 0. The zero-order valence-electron chi connectivity index (χ0n) is 11.0. The summed E-state index contributed by atoms with van der Waals surface area (Å²) >= 11 is 2.22. The number of hydrogen-bond acceptors (Lipinski definition) is 7. The molecule has 0 aromatic rings. The molecule has 0 N–H and O–H groups in total. The maximum atomic E-state index is 11.5. The average Bonchev–Trinajstić information content (AvgIpc) is 2.35. The van der Waals surface area contributed by atoms with Gasteiger partial charge in [0.1, 0.15) is 5.04 Å². The molecule has 104 valence electrons. The van der Waals surface area contributed by atoms with Gasteiger partial charge in [0.15, 0.2) is 0 Å². The van der Waals surface area contributed by atoms with E-state index in [-0.39, 0.29) is 6.61 Å². The van der Waals surface area contributed by atoms with E-state index in [1.165, 1.54) is 30.2 Å². The van der Waals surface area contributed by atoms with Crippen LogP contribution in [0.4, 0.5) is 9.59 Å². The first-order valence-electron chi connectivity index (χ1n) is 5.04. The molecule has 0 heterocycles. The zero-order valence-corrected chi connectivity index (χ0v) is 12.6. The van der Waals surface area contributed by atoms with Gasteiger partial charge in [-0.25, -0.2) is 18.2 Å². The van der Waals surface area contributed by atoms with Crippen LogP contribution in [-0.4, -0.2) is 52.8 Å². The minimum atomic E-state index is -0.676. The predicted octanol–water partition coefficient (Wildman–Crippen LogP) is 2.40. The maximum Gasteiger partial charge on any atom is 0.447 e. The van der Waals surface area contributed by atoms with Crippen LogP contribution in [0.3, 0.4) is 0 Å². The molecule has 0 saturated carbocycles. The van der Waals surface area contributed by atoms with Gasteiger partial charge >= 0.3 is 12.2 Å². The van der Waals surface area contributed by atoms with Crippen LogP contribution in [0.25, 0.3) is 0 Å². The van der Waals surface area contributed by atoms with E-state index >= 15 is 0 Å². The third-order valence-corrected chi connectivity index (χ3v) is 3.03. The fraction of sp³-hybridized carbons (Fsp3) is 0.667. The summed E-state index contributed by atoms with van der Waals surface area (Å²) in [5.41, 5.74) is 0. The smallest absolute Gasteiger partial charge is 0.447 e. The molecule has 0 aromatic carbocycles. The van der Waals surface area contributed by atoms with Gasteiger partial charge in [0, 0.05) is 14.1 Å². The number of carbonyl (C=O) groups excluding carboxylic acids is 2. The molecule has 7 nitrogen and oxygen atoms in total. The minimum Gasteiger partial charge on any atom is -0.449 e. The van der Waals surface area contributed by atoms with Gasteiger partial charge in [0.2, 0.25) is 0 Å². The van der Waals surface area contributed by atoms with E-state index in [4.69, 9.17) is 4.74 Å². The van der Waals surface area contributed by atoms with Crippen molar-refractivity contribution in [1.29, 1.82) is 0 Å².